The highest BCUT2D eigenvalue weighted by atomic mass is 16.3. The van der Waals surface area contributed by atoms with E-state index < -0.39 is 0 Å². The van der Waals surface area contributed by atoms with Crippen LogP contribution in [0.4, 0.5) is 17.1 Å². The van der Waals surface area contributed by atoms with Crippen LogP contribution < -0.4 is 4.90 Å². The Morgan fingerprint density at radius 1 is 0.308 bits per heavy atom. The SMILES string of the molecule is c1ccc(-c2ccc(-c3ccc(N(c4cccc(-c5ccc6ccccc6c5)c4)c4cccc5oc6cc7ccccc7cc6c45)cc3)cc2)cc1. The zero-order chi connectivity index (χ0) is 34.4. The van der Waals surface area contributed by atoms with E-state index in [9.17, 15) is 0 Å². The molecule has 1 heterocycles. The van der Waals surface area contributed by atoms with Gasteiger partial charge in [0.1, 0.15) is 11.2 Å². The number of hydrogen-bond acceptors (Lipinski definition) is 2. The molecule has 0 saturated heterocycles. The fourth-order valence-corrected chi connectivity index (χ4v) is 7.59. The van der Waals surface area contributed by atoms with Crippen molar-refractivity contribution in [2.24, 2.45) is 0 Å². The molecule has 0 aliphatic rings. The number of benzene rings is 9. The quantitative estimate of drug-likeness (QED) is 0.176. The molecule has 1 aromatic heterocycles. The smallest absolute Gasteiger partial charge is 0.137 e. The Balaban J connectivity index is 1.12. The molecular weight excluding hydrogens is 631 g/mol. The molecule has 0 amide bonds. The van der Waals surface area contributed by atoms with E-state index in [0.29, 0.717) is 0 Å². The molecule has 52 heavy (non-hydrogen) atoms. The van der Waals surface area contributed by atoms with Crippen molar-refractivity contribution in [2.75, 3.05) is 4.90 Å². The third kappa shape index (κ3) is 5.30. The Labute approximate surface area is 302 Å². The summed E-state index contributed by atoms with van der Waals surface area (Å²) in [6.45, 7) is 0. The average Bonchev–Trinajstić information content (AvgIpc) is 3.58. The maximum atomic E-state index is 6.55. The molecule has 2 heteroatoms. The van der Waals surface area contributed by atoms with Crippen molar-refractivity contribution in [2.45, 2.75) is 0 Å². The van der Waals surface area contributed by atoms with E-state index in [0.717, 1.165) is 39.0 Å². The predicted molar refractivity (Wildman–Crippen MR) is 220 cm³/mol. The van der Waals surface area contributed by atoms with Gasteiger partial charge in [0, 0.05) is 16.8 Å². The first-order chi connectivity index (χ1) is 25.7. The van der Waals surface area contributed by atoms with Crippen LogP contribution in [0.25, 0.3) is 76.9 Å². The summed E-state index contributed by atoms with van der Waals surface area (Å²) in [5.41, 5.74) is 12.1. The molecule has 0 atom stereocenters. The van der Waals surface area contributed by atoms with Gasteiger partial charge in [-0.2, -0.15) is 0 Å². The monoisotopic (exact) mass is 663 g/mol. The van der Waals surface area contributed by atoms with Crippen molar-refractivity contribution in [3.05, 3.63) is 200 Å². The van der Waals surface area contributed by atoms with Crippen molar-refractivity contribution in [3.63, 3.8) is 0 Å². The first-order valence-corrected chi connectivity index (χ1v) is 17.7. The number of nitrogens with zero attached hydrogens (tertiary/aromatic N) is 1. The third-order valence-electron chi connectivity index (χ3n) is 10.2. The van der Waals surface area contributed by atoms with E-state index in [1.807, 2.05) is 0 Å². The van der Waals surface area contributed by atoms with E-state index in [-0.39, 0.29) is 0 Å². The van der Waals surface area contributed by atoms with Crippen LogP contribution in [0.15, 0.2) is 205 Å². The zero-order valence-corrected chi connectivity index (χ0v) is 28.4. The van der Waals surface area contributed by atoms with Gasteiger partial charge in [-0.15, -0.1) is 0 Å². The standard InChI is InChI=1S/C50H33NO/c1-2-10-34(11-3-1)36-20-22-37(23-21-36)38-26-28-44(29-27-38)51(45-17-8-16-40(31-45)43-25-24-35-12-4-5-13-39(35)30-43)47-18-9-19-48-50(47)46-32-41-14-6-7-15-42(41)33-49(46)52-48/h1-33H. The molecule has 0 saturated carbocycles. The zero-order valence-electron chi connectivity index (χ0n) is 28.4. The Hall–Kier alpha value is -6.90. The first kappa shape index (κ1) is 30.0. The van der Waals surface area contributed by atoms with Crippen molar-refractivity contribution in [1.82, 2.24) is 0 Å². The minimum Gasteiger partial charge on any atom is -0.456 e. The molecule has 0 bridgehead atoms. The lowest BCUT2D eigenvalue weighted by molar-refractivity contribution is 0.669. The van der Waals surface area contributed by atoms with Crippen LogP contribution in [0.3, 0.4) is 0 Å². The largest absolute Gasteiger partial charge is 0.456 e. The van der Waals surface area contributed by atoms with E-state index >= 15 is 0 Å². The van der Waals surface area contributed by atoms with E-state index in [4.69, 9.17) is 4.42 Å². The van der Waals surface area contributed by atoms with Gasteiger partial charge >= 0.3 is 0 Å². The van der Waals surface area contributed by atoms with Crippen molar-refractivity contribution >= 4 is 60.5 Å². The molecule has 10 rings (SSSR count). The van der Waals surface area contributed by atoms with E-state index in [1.54, 1.807) is 0 Å². The number of rotatable bonds is 6. The van der Waals surface area contributed by atoms with Crippen molar-refractivity contribution in [3.8, 4) is 33.4 Å². The number of hydrogen-bond donors (Lipinski definition) is 0. The molecule has 2 nitrogen and oxygen atoms in total. The second-order valence-corrected chi connectivity index (χ2v) is 13.4. The summed E-state index contributed by atoms with van der Waals surface area (Å²) in [6, 6.07) is 71.7. The van der Waals surface area contributed by atoms with Gasteiger partial charge in [0.2, 0.25) is 0 Å². The number of anilines is 3. The van der Waals surface area contributed by atoms with Gasteiger partial charge < -0.3 is 9.32 Å². The highest BCUT2D eigenvalue weighted by Crippen LogP contribution is 2.44. The maximum absolute atomic E-state index is 6.55. The Morgan fingerprint density at radius 2 is 0.846 bits per heavy atom. The van der Waals surface area contributed by atoms with Gasteiger partial charge in [-0.1, -0.05) is 146 Å². The summed E-state index contributed by atoms with van der Waals surface area (Å²) in [7, 11) is 0. The van der Waals surface area contributed by atoms with Gasteiger partial charge in [-0.05, 0) is 110 Å². The Bertz CT molecular complexity index is 2890. The third-order valence-corrected chi connectivity index (χ3v) is 10.2. The summed E-state index contributed by atoms with van der Waals surface area (Å²) in [5, 5.41) is 7.04. The molecular formula is C50H33NO. The minimum absolute atomic E-state index is 0.869. The summed E-state index contributed by atoms with van der Waals surface area (Å²) >= 11 is 0. The maximum Gasteiger partial charge on any atom is 0.137 e. The fourth-order valence-electron chi connectivity index (χ4n) is 7.59. The van der Waals surface area contributed by atoms with E-state index in [1.165, 1.54) is 54.9 Å². The summed E-state index contributed by atoms with van der Waals surface area (Å²) in [4.78, 5) is 2.37. The number of fused-ring (bicyclic) bond motifs is 5. The molecule has 0 spiro atoms. The molecule has 0 radical (unpaired) electrons. The van der Waals surface area contributed by atoms with Crippen LogP contribution >= 0.6 is 0 Å². The second-order valence-electron chi connectivity index (χ2n) is 13.4. The van der Waals surface area contributed by atoms with E-state index in [2.05, 4.69) is 205 Å². The lowest BCUT2D eigenvalue weighted by Crippen LogP contribution is -2.10. The summed E-state index contributed by atoms with van der Waals surface area (Å²) < 4.78 is 6.55. The van der Waals surface area contributed by atoms with Gasteiger partial charge in [-0.3, -0.25) is 0 Å². The molecule has 0 N–H and O–H groups in total. The highest BCUT2D eigenvalue weighted by molar-refractivity contribution is 6.16. The van der Waals surface area contributed by atoms with Gasteiger partial charge in [0.25, 0.3) is 0 Å². The van der Waals surface area contributed by atoms with Gasteiger partial charge in [-0.25, -0.2) is 0 Å². The minimum atomic E-state index is 0.869. The van der Waals surface area contributed by atoms with Crippen LogP contribution in [0.5, 0.6) is 0 Å². The fraction of sp³-hybridized carbons (Fsp3) is 0. The normalized spacial score (nSPS) is 11.5. The van der Waals surface area contributed by atoms with Crippen LogP contribution in [0.2, 0.25) is 0 Å². The molecule has 0 unspecified atom stereocenters. The molecule has 10 aromatic rings. The van der Waals surface area contributed by atoms with Crippen LogP contribution in [-0.2, 0) is 0 Å². The predicted octanol–water partition coefficient (Wildman–Crippen LogP) is 14.4. The van der Waals surface area contributed by atoms with Crippen LogP contribution in [0.1, 0.15) is 0 Å². The highest BCUT2D eigenvalue weighted by Gasteiger charge is 2.20. The van der Waals surface area contributed by atoms with Gasteiger partial charge in [0.15, 0.2) is 0 Å². The summed E-state index contributed by atoms with van der Waals surface area (Å²) in [6.07, 6.45) is 0. The van der Waals surface area contributed by atoms with Crippen molar-refractivity contribution < 1.29 is 4.42 Å². The van der Waals surface area contributed by atoms with Crippen LogP contribution in [0, 0.1) is 0 Å². The molecule has 244 valence electrons. The Morgan fingerprint density at radius 3 is 1.58 bits per heavy atom. The lowest BCUT2D eigenvalue weighted by atomic mass is 9.99. The van der Waals surface area contributed by atoms with Gasteiger partial charge in [0.05, 0.1) is 11.1 Å². The second kappa shape index (κ2) is 12.5. The number of furan rings is 1. The molecule has 9 aromatic carbocycles. The van der Waals surface area contributed by atoms with Crippen LogP contribution in [-0.4, -0.2) is 0 Å². The van der Waals surface area contributed by atoms with Crippen molar-refractivity contribution in [1.29, 1.82) is 0 Å². The lowest BCUT2D eigenvalue weighted by Gasteiger charge is -2.27. The molecule has 0 fully saturated rings. The topological polar surface area (TPSA) is 16.4 Å². The average molecular weight is 664 g/mol. The molecule has 0 aliphatic heterocycles. The Kier molecular flexibility index (Phi) is 7.18. The summed E-state index contributed by atoms with van der Waals surface area (Å²) in [5.74, 6) is 0. The first-order valence-electron chi connectivity index (χ1n) is 17.7. The molecule has 0 aliphatic carbocycles.